The quantitative estimate of drug-likeness (QED) is 0.839. The van der Waals surface area contributed by atoms with Crippen molar-refractivity contribution in [2.45, 2.75) is 38.2 Å². The molecule has 1 aliphatic heterocycles. The number of benzene rings is 1. The van der Waals surface area contributed by atoms with Gasteiger partial charge in [0.1, 0.15) is 0 Å². The first-order chi connectivity index (χ1) is 9.65. The minimum Gasteiger partial charge on any atom is -0.399 e. The van der Waals surface area contributed by atoms with Crippen molar-refractivity contribution in [3.8, 4) is 0 Å². The molecule has 1 aromatic carbocycles. The van der Waals surface area contributed by atoms with Gasteiger partial charge < -0.3 is 15.4 Å². The molecule has 4 heteroatoms. The van der Waals surface area contributed by atoms with E-state index in [1.165, 1.54) is 6.42 Å². The number of nitrogens with zero attached hydrogens (tertiary/aromatic N) is 1. The molecule has 1 amide bonds. The minimum absolute atomic E-state index is 0.177. The van der Waals surface area contributed by atoms with Crippen LogP contribution in [-0.2, 0) is 16.0 Å². The van der Waals surface area contributed by atoms with Crippen molar-refractivity contribution in [3.63, 3.8) is 0 Å². The van der Waals surface area contributed by atoms with Gasteiger partial charge in [0.2, 0.25) is 5.91 Å². The summed E-state index contributed by atoms with van der Waals surface area (Å²) in [6, 6.07) is 7.71. The number of carbonyl (C=O) groups is 1. The van der Waals surface area contributed by atoms with Crippen LogP contribution < -0.4 is 5.73 Å². The van der Waals surface area contributed by atoms with Crippen molar-refractivity contribution in [2.75, 3.05) is 25.9 Å². The van der Waals surface area contributed by atoms with Crippen LogP contribution in [0.2, 0.25) is 0 Å². The third-order valence-corrected chi connectivity index (χ3v) is 3.78. The lowest BCUT2D eigenvalue weighted by Gasteiger charge is -2.27. The molecule has 0 aromatic heterocycles. The molecule has 1 heterocycles. The minimum atomic E-state index is 0.177. The first-order valence-corrected chi connectivity index (χ1v) is 7.35. The van der Waals surface area contributed by atoms with Gasteiger partial charge in [-0.2, -0.15) is 0 Å². The van der Waals surface area contributed by atoms with Crippen LogP contribution >= 0.6 is 0 Å². The number of nitrogens with two attached hydrogens (primary N) is 1. The highest BCUT2D eigenvalue weighted by molar-refractivity contribution is 5.76. The highest BCUT2D eigenvalue weighted by Gasteiger charge is 2.18. The summed E-state index contributed by atoms with van der Waals surface area (Å²) < 4.78 is 5.67. The van der Waals surface area contributed by atoms with Crippen LogP contribution in [0.4, 0.5) is 5.69 Å². The first-order valence-electron chi connectivity index (χ1n) is 7.35. The lowest BCUT2D eigenvalue weighted by molar-refractivity contribution is -0.132. The standard InChI is InChI=1S/C16H24N2O2/c1-18(12-15-4-2-3-11-20-15)16(19)10-7-13-5-8-14(17)9-6-13/h5-6,8-9,15H,2-4,7,10-12,17H2,1H3. The Bertz CT molecular complexity index is 425. The van der Waals surface area contributed by atoms with E-state index in [1.54, 1.807) is 4.90 Å². The largest absolute Gasteiger partial charge is 0.399 e. The fraction of sp³-hybridized carbons (Fsp3) is 0.562. The summed E-state index contributed by atoms with van der Waals surface area (Å²) in [5.41, 5.74) is 7.55. The summed E-state index contributed by atoms with van der Waals surface area (Å²) >= 11 is 0. The first kappa shape index (κ1) is 14.9. The Morgan fingerprint density at radius 2 is 2.10 bits per heavy atom. The Morgan fingerprint density at radius 3 is 2.75 bits per heavy atom. The molecule has 0 saturated carbocycles. The van der Waals surface area contributed by atoms with Crippen molar-refractivity contribution in [1.82, 2.24) is 4.90 Å². The van der Waals surface area contributed by atoms with Crippen molar-refractivity contribution in [2.24, 2.45) is 0 Å². The van der Waals surface area contributed by atoms with Gasteiger partial charge in [-0.1, -0.05) is 12.1 Å². The molecule has 1 aliphatic rings. The van der Waals surface area contributed by atoms with Crippen LogP contribution in [0.3, 0.4) is 0 Å². The molecular weight excluding hydrogens is 252 g/mol. The predicted molar refractivity (Wildman–Crippen MR) is 80.4 cm³/mol. The molecule has 1 fully saturated rings. The Labute approximate surface area is 120 Å². The zero-order valence-corrected chi connectivity index (χ0v) is 12.2. The van der Waals surface area contributed by atoms with Gasteiger partial charge in [-0.05, 0) is 43.4 Å². The van der Waals surface area contributed by atoms with E-state index < -0.39 is 0 Å². The lowest BCUT2D eigenvalue weighted by Crippen LogP contribution is -2.37. The maximum absolute atomic E-state index is 12.1. The summed E-state index contributed by atoms with van der Waals surface area (Å²) in [4.78, 5) is 13.9. The predicted octanol–water partition coefficient (Wildman–Crippen LogP) is 2.23. The third kappa shape index (κ3) is 4.53. The second-order valence-electron chi connectivity index (χ2n) is 5.50. The number of nitrogen functional groups attached to an aromatic ring is 1. The number of hydrogen-bond donors (Lipinski definition) is 1. The summed E-state index contributed by atoms with van der Waals surface area (Å²) in [5.74, 6) is 0.177. The molecule has 1 atom stereocenters. The molecular formula is C16H24N2O2. The Kier molecular flexibility index (Phi) is 5.41. The number of anilines is 1. The molecule has 2 rings (SSSR count). The summed E-state index contributed by atoms with van der Waals surface area (Å²) in [7, 11) is 1.86. The van der Waals surface area contributed by atoms with E-state index in [1.807, 2.05) is 31.3 Å². The van der Waals surface area contributed by atoms with Crippen LogP contribution in [0.25, 0.3) is 0 Å². The maximum Gasteiger partial charge on any atom is 0.222 e. The normalized spacial score (nSPS) is 18.8. The number of aryl methyl sites for hydroxylation is 1. The van der Waals surface area contributed by atoms with Gasteiger partial charge in [0.05, 0.1) is 6.10 Å². The second-order valence-corrected chi connectivity index (χ2v) is 5.50. The zero-order chi connectivity index (χ0) is 14.4. The van der Waals surface area contributed by atoms with E-state index in [-0.39, 0.29) is 12.0 Å². The number of hydrogen-bond acceptors (Lipinski definition) is 3. The van der Waals surface area contributed by atoms with Gasteiger partial charge in [-0.25, -0.2) is 0 Å². The Balaban J connectivity index is 1.74. The van der Waals surface area contributed by atoms with Crippen LogP contribution in [0.5, 0.6) is 0 Å². The number of ether oxygens (including phenoxy) is 1. The molecule has 20 heavy (non-hydrogen) atoms. The van der Waals surface area contributed by atoms with E-state index in [9.17, 15) is 4.79 Å². The molecule has 1 aromatic rings. The van der Waals surface area contributed by atoms with Gasteiger partial charge in [-0.3, -0.25) is 4.79 Å². The van der Waals surface area contributed by atoms with Crippen molar-refractivity contribution >= 4 is 11.6 Å². The fourth-order valence-corrected chi connectivity index (χ4v) is 2.49. The molecule has 0 spiro atoms. The highest BCUT2D eigenvalue weighted by atomic mass is 16.5. The zero-order valence-electron chi connectivity index (χ0n) is 12.2. The SMILES string of the molecule is CN(CC1CCCCO1)C(=O)CCc1ccc(N)cc1. The van der Waals surface area contributed by atoms with Crippen LogP contribution in [-0.4, -0.2) is 37.1 Å². The average Bonchev–Trinajstić information content (AvgIpc) is 2.47. The van der Waals surface area contributed by atoms with Gasteiger partial charge in [0.15, 0.2) is 0 Å². The molecule has 1 unspecified atom stereocenters. The monoisotopic (exact) mass is 276 g/mol. The highest BCUT2D eigenvalue weighted by Crippen LogP contribution is 2.14. The van der Waals surface area contributed by atoms with Gasteiger partial charge >= 0.3 is 0 Å². The van der Waals surface area contributed by atoms with E-state index in [0.717, 1.165) is 37.1 Å². The Morgan fingerprint density at radius 1 is 1.35 bits per heavy atom. The van der Waals surface area contributed by atoms with Gasteiger partial charge in [-0.15, -0.1) is 0 Å². The van der Waals surface area contributed by atoms with Crippen LogP contribution in [0.1, 0.15) is 31.2 Å². The molecule has 110 valence electrons. The summed E-state index contributed by atoms with van der Waals surface area (Å²) in [5, 5.41) is 0. The van der Waals surface area contributed by atoms with E-state index in [4.69, 9.17) is 10.5 Å². The molecule has 2 N–H and O–H groups in total. The molecule has 1 saturated heterocycles. The number of carbonyl (C=O) groups excluding carboxylic acids is 1. The molecule has 4 nitrogen and oxygen atoms in total. The summed E-state index contributed by atoms with van der Waals surface area (Å²) in [6.07, 6.45) is 4.93. The average molecular weight is 276 g/mol. The van der Waals surface area contributed by atoms with Crippen molar-refractivity contribution in [1.29, 1.82) is 0 Å². The Hall–Kier alpha value is -1.55. The second kappa shape index (κ2) is 7.29. The van der Waals surface area contributed by atoms with Crippen molar-refractivity contribution < 1.29 is 9.53 Å². The molecule has 0 bridgehead atoms. The lowest BCUT2D eigenvalue weighted by atomic mass is 10.1. The van der Waals surface area contributed by atoms with Crippen LogP contribution in [0.15, 0.2) is 24.3 Å². The maximum atomic E-state index is 12.1. The fourth-order valence-electron chi connectivity index (χ4n) is 2.49. The third-order valence-electron chi connectivity index (χ3n) is 3.78. The topological polar surface area (TPSA) is 55.6 Å². The molecule has 0 radical (unpaired) electrons. The smallest absolute Gasteiger partial charge is 0.222 e. The summed E-state index contributed by atoms with van der Waals surface area (Å²) in [6.45, 7) is 1.54. The number of likely N-dealkylation sites (N-methyl/N-ethyl adjacent to an activating group) is 1. The van der Waals surface area contributed by atoms with Crippen molar-refractivity contribution in [3.05, 3.63) is 29.8 Å². The number of rotatable bonds is 5. The molecule has 0 aliphatic carbocycles. The van der Waals surface area contributed by atoms with Gasteiger partial charge in [0, 0.05) is 32.3 Å². The van der Waals surface area contributed by atoms with E-state index in [0.29, 0.717) is 13.0 Å². The van der Waals surface area contributed by atoms with E-state index >= 15 is 0 Å². The van der Waals surface area contributed by atoms with Crippen LogP contribution in [0, 0.1) is 0 Å². The van der Waals surface area contributed by atoms with E-state index in [2.05, 4.69) is 0 Å². The number of amides is 1. The van der Waals surface area contributed by atoms with Gasteiger partial charge in [0.25, 0.3) is 0 Å².